The molecule has 2 heterocycles. The van der Waals surface area contributed by atoms with Crippen LogP contribution in [0, 0.1) is 5.82 Å². The number of pyridine rings is 1. The van der Waals surface area contributed by atoms with Crippen molar-refractivity contribution in [3.8, 4) is 11.1 Å². The van der Waals surface area contributed by atoms with E-state index in [0.717, 1.165) is 23.1 Å². The van der Waals surface area contributed by atoms with Gasteiger partial charge in [-0.05, 0) is 46.3 Å². The minimum absolute atomic E-state index is 0.200. The minimum atomic E-state index is -0.556. The molecule has 4 aromatic rings. The van der Waals surface area contributed by atoms with Crippen molar-refractivity contribution in [3.05, 3.63) is 96.1 Å². The maximum atomic E-state index is 15.0. The first-order valence-electron chi connectivity index (χ1n) is 12.1. The fraction of sp³-hybridized carbons (Fsp3) is 0.207. The molecule has 1 fully saturated rings. The molecule has 8 heteroatoms. The van der Waals surface area contributed by atoms with E-state index in [-0.39, 0.29) is 19.0 Å². The van der Waals surface area contributed by atoms with E-state index in [1.807, 2.05) is 42.6 Å². The predicted octanol–water partition coefficient (Wildman–Crippen LogP) is 4.79. The lowest BCUT2D eigenvalue weighted by molar-refractivity contribution is -0.119. The van der Waals surface area contributed by atoms with Gasteiger partial charge in [0.05, 0.1) is 18.8 Å². The van der Waals surface area contributed by atoms with Crippen molar-refractivity contribution in [1.82, 2.24) is 15.6 Å². The first-order chi connectivity index (χ1) is 18.0. The Hall–Kier alpha value is -4.30. The average Bonchev–Trinajstić information content (AvgIpc) is 3.28. The van der Waals surface area contributed by atoms with E-state index in [2.05, 4.69) is 27.8 Å². The molecule has 188 valence electrons. The first-order valence-corrected chi connectivity index (χ1v) is 12.1. The standard InChI is InChI=1S/C29H27FN4O3/c1-19(35)33-17-25-18-34(29(36)37-25)24-9-10-27(28(30)13-24)21-7-5-20(6-8-21)14-32-16-23-4-2-3-22-15-31-12-11-26(22)23/h2-13,15,25,32H,14,16-18H2,1H3,(H,33,35)/t25-/m0/s1. The number of hydrogen-bond acceptors (Lipinski definition) is 5. The zero-order valence-corrected chi connectivity index (χ0v) is 20.4. The number of carbonyl (C=O) groups excluding carboxylic acids is 2. The Bertz CT molecular complexity index is 1440. The molecule has 7 nitrogen and oxygen atoms in total. The highest BCUT2D eigenvalue weighted by Gasteiger charge is 2.32. The summed E-state index contributed by atoms with van der Waals surface area (Å²) in [7, 11) is 0. The Morgan fingerprint density at radius 1 is 1.11 bits per heavy atom. The molecule has 0 spiro atoms. The number of benzene rings is 3. The van der Waals surface area contributed by atoms with Crippen molar-refractivity contribution < 1.29 is 18.7 Å². The van der Waals surface area contributed by atoms with Gasteiger partial charge in [0.1, 0.15) is 11.9 Å². The highest BCUT2D eigenvalue weighted by molar-refractivity contribution is 5.90. The van der Waals surface area contributed by atoms with Crippen molar-refractivity contribution in [1.29, 1.82) is 0 Å². The zero-order valence-electron chi connectivity index (χ0n) is 20.4. The third kappa shape index (κ3) is 5.59. The van der Waals surface area contributed by atoms with Gasteiger partial charge in [-0.15, -0.1) is 0 Å². The largest absolute Gasteiger partial charge is 0.442 e. The van der Waals surface area contributed by atoms with Gasteiger partial charge in [0, 0.05) is 43.4 Å². The molecule has 1 aliphatic heterocycles. The fourth-order valence-corrected chi connectivity index (χ4v) is 4.49. The van der Waals surface area contributed by atoms with Crippen molar-refractivity contribution in [2.75, 3.05) is 18.0 Å². The van der Waals surface area contributed by atoms with Crippen LogP contribution in [-0.2, 0) is 22.6 Å². The number of cyclic esters (lactones) is 1. The van der Waals surface area contributed by atoms with Crippen LogP contribution in [0.1, 0.15) is 18.1 Å². The number of carbonyl (C=O) groups is 2. The summed E-state index contributed by atoms with van der Waals surface area (Å²) in [6.45, 7) is 3.27. The second-order valence-corrected chi connectivity index (χ2v) is 9.03. The van der Waals surface area contributed by atoms with E-state index in [9.17, 15) is 9.59 Å². The summed E-state index contributed by atoms with van der Waals surface area (Å²) >= 11 is 0. The summed E-state index contributed by atoms with van der Waals surface area (Å²) in [5.74, 6) is -0.624. The van der Waals surface area contributed by atoms with Crippen LogP contribution in [0.4, 0.5) is 14.9 Å². The highest BCUT2D eigenvalue weighted by Crippen LogP contribution is 2.29. The normalized spacial score (nSPS) is 15.1. The molecular formula is C29H27FN4O3. The van der Waals surface area contributed by atoms with Crippen molar-refractivity contribution in [3.63, 3.8) is 0 Å². The molecular weight excluding hydrogens is 471 g/mol. The number of fused-ring (bicyclic) bond motifs is 1. The fourth-order valence-electron chi connectivity index (χ4n) is 4.49. The molecule has 3 aromatic carbocycles. The summed E-state index contributed by atoms with van der Waals surface area (Å²) in [5.41, 5.74) is 3.92. The van der Waals surface area contributed by atoms with Gasteiger partial charge >= 0.3 is 6.09 Å². The molecule has 0 unspecified atom stereocenters. The lowest BCUT2D eigenvalue weighted by atomic mass is 10.0. The molecule has 2 amide bonds. The predicted molar refractivity (Wildman–Crippen MR) is 140 cm³/mol. The number of anilines is 1. The van der Waals surface area contributed by atoms with Gasteiger partial charge in [0.25, 0.3) is 0 Å². The van der Waals surface area contributed by atoms with Crippen LogP contribution < -0.4 is 15.5 Å². The molecule has 0 bridgehead atoms. The molecule has 0 saturated carbocycles. The Labute approximate surface area is 214 Å². The number of rotatable bonds is 8. The Morgan fingerprint density at radius 2 is 1.95 bits per heavy atom. The average molecular weight is 499 g/mol. The van der Waals surface area contributed by atoms with Crippen molar-refractivity contribution in [2.24, 2.45) is 0 Å². The molecule has 37 heavy (non-hydrogen) atoms. The number of amides is 2. The van der Waals surface area contributed by atoms with E-state index in [0.29, 0.717) is 17.8 Å². The Morgan fingerprint density at radius 3 is 2.73 bits per heavy atom. The van der Waals surface area contributed by atoms with Crippen molar-refractivity contribution in [2.45, 2.75) is 26.1 Å². The second kappa shape index (κ2) is 10.8. The summed E-state index contributed by atoms with van der Waals surface area (Å²) in [6, 6.07) is 20.7. The van der Waals surface area contributed by atoms with Gasteiger partial charge in [0.2, 0.25) is 5.91 Å². The monoisotopic (exact) mass is 498 g/mol. The maximum absolute atomic E-state index is 15.0. The summed E-state index contributed by atoms with van der Waals surface area (Å²) in [6.07, 6.45) is 2.64. The van der Waals surface area contributed by atoms with Gasteiger partial charge < -0.3 is 15.4 Å². The lowest BCUT2D eigenvalue weighted by Crippen LogP contribution is -2.33. The Kier molecular flexibility index (Phi) is 7.09. The van der Waals surface area contributed by atoms with Crippen LogP contribution in [0.3, 0.4) is 0 Å². The van der Waals surface area contributed by atoms with Crippen LogP contribution in [-0.4, -0.2) is 36.2 Å². The van der Waals surface area contributed by atoms with Crippen LogP contribution in [0.2, 0.25) is 0 Å². The van der Waals surface area contributed by atoms with E-state index in [1.54, 1.807) is 18.3 Å². The number of nitrogens with one attached hydrogen (secondary N) is 2. The van der Waals surface area contributed by atoms with Crippen LogP contribution in [0.25, 0.3) is 21.9 Å². The molecule has 1 saturated heterocycles. The van der Waals surface area contributed by atoms with Crippen LogP contribution in [0.5, 0.6) is 0 Å². The summed E-state index contributed by atoms with van der Waals surface area (Å²) in [5, 5.41) is 8.41. The molecule has 5 rings (SSSR count). The summed E-state index contributed by atoms with van der Waals surface area (Å²) < 4.78 is 20.3. The van der Waals surface area contributed by atoms with Gasteiger partial charge in [-0.1, -0.05) is 42.5 Å². The van der Waals surface area contributed by atoms with Gasteiger partial charge in [-0.2, -0.15) is 0 Å². The smallest absolute Gasteiger partial charge is 0.414 e. The summed E-state index contributed by atoms with van der Waals surface area (Å²) in [4.78, 5) is 28.9. The number of aromatic nitrogens is 1. The SMILES string of the molecule is CC(=O)NC[C@H]1CN(c2ccc(-c3ccc(CNCc4cccc5cnccc45)cc3)c(F)c2)C(=O)O1. The molecule has 1 aromatic heterocycles. The molecule has 0 aliphatic carbocycles. The van der Waals surface area contributed by atoms with Crippen LogP contribution >= 0.6 is 0 Å². The maximum Gasteiger partial charge on any atom is 0.414 e. The lowest BCUT2D eigenvalue weighted by Gasteiger charge is -2.15. The number of ether oxygens (including phenoxy) is 1. The van der Waals surface area contributed by atoms with E-state index in [4.69, 9.17) is 4.74 Å². The molecule has 2 N–H and O–H groups in total. The quantitative estimate of drug-likeness (QED) is 0.365. The van der Waals surface area contributed by atoms with Crippen LogP contribution in [0.15, 0.2) is 79.1 Å². The van der Waals surface area contributed by atoms with Crippen molar-refractivity contribution >= 4 is 28.5 Å². The van der Waals surface area contributed by atoms with Gasteiger partial charge in [0.15, 0.2) is 0 Å². The Balaban J connectivity index is 1.21. The topological polar surface area (TPSA) is 83.6 Å². The molecule has 1 aliphatic rings. The third-order valence-corrected chi connectivity index (χ3v) is 6.40. The number of hydrogen-bond donors (Lipinski definition) is 2. The third-order valence-electron chi connectivity index (χ3n) is 6.40. The van der Waals surface area contributed by atoms with E-state index >= 15 is 4.39 Å². The number of halogens is 1. The van der Waals surface area contributed by atoms with E-state index in [1.165, 1.54) is 28.8 Å². The van der Waals surface area contributed by atoms with Gasteiger partial charge in [-0.25, -0.2) is 9.18 Å². The zero-order chi connectivity index (χ0) is 25.8. The number of nitrogens with zero attached hydrogens (tertiary/aromatic N) is 2. The second-order valence-electron chi connectivity index (χ2n) is 9.03. The minimum Gasteiger partial charge on any atom is -0.442 e. The van der Waals surface area contributed by atoms with Gasteiger partial charge in [-0.3, -0.25) is 14.7 Å². The molecule has 1 atom stereocenters. The molecule has 0 radical (unpaired) electrons. The first kappa shape index (κ1) is 24.4. The van der Waals surface area contributed by atoms with E-state index < -0.39 is 18.0 Å². The highest BCUT2D eigenvalue weighted by atomic mass is 19.1.